The van der Waals surface area contributed by atoms with Gasteiger partial charge in [0.2, 0.25) is 0 Å². The second kappa shape index (κ2) is 2.89. The summed E-state index contributed by atoms with van der Waals surface area (Å²) in [6, 6.07) is 5.21. The van der Waals surface area contributed by atoms with Crippen LogP contribution in [0, 0.1) is 6.92 Å². The Labute approximate surface area is 80.2 Å². The van der Waals surface area contributed by atoms with Gasteiger partial charge in [-0.1, -0.05) is 11.6 Å². The molecule has 0 spiro atoms. The van der Waals surface area contributed by atoms with Gasteiger partial charge in [0.1, 0.15) is 0 Å². The van der Waals surface area contributed by atoms with Gasteiger partial charge in [0.25, 0.3) is 0 Å². The molecule has 0 amide bonds. The zero-order valence-corrected chi connectivity index (χ0v) is 7.85. The number of rotatable bonds is 0. The fraction of sp³-hybridized carbons (Fsp3) is 0.100. The van der Waals surface area contributed by atoms with Crippen molar-refractivity contribution in [2.24, 2.45) is 0 Å². The van der Waals surface area contributed by atoms with Crippen LogP contribution in [0.25, 0.3) is 10.9 Å². The fourth-order valence-corrected chi connectivity index (χ4v) is 1.47. The van der Waals surface area contributed by atoms with Crippen molar-refractivity contribution in [3.05, 3.63) is 45.2 Å². The first-order valence-electron chi connectivity index (χ1n) is 3.96. The molecule has 1 aromatic heterocycles. The maximum absolute atomic E-state index is 11.6. The van der Waals surface area contributed by atoms with Crippen molar-refractivity contribution in [1.29, 1.82) is 0 Å². The molecule has 1 heterocycles. The topological polar surface area (TPSA) is 32.9 Å². The minimum atomic E-state index is 0.0606. The van der Waals surface area contributed by atoms with Gasteiger partial charge in [-0.3, -0.25) is 4.79 Å². The van der Waals surface area contributed by atoms with E-state index in [1.54, 1.807) is 31.3 Å². The molecule has 0 unspecified atom stereocenters. The lowest BCUT2D eigenvalue weighted by atomic mass is 10.2. The third-order valence-electron chi connectivity index (χ3n) is 2.03. The zero-order chi connectivity index (χ0) is 9.42. The van der Waals surface area contributed by atoms with E-state index in [-0.39, 0.29) is 5.43 Å². The van der Waals surface area contributed by atoms with Gasteiger partial charge in [-0.05, 0) is 25.1 Å². The number of benzene rings is 1. The van der Waals surface area contributed by atoms with Crippen LogP contribution in [0.3, 0.4) is 0 Å². The molecule has 0 saturated heterocycles. The average molecular weight is 194 g/mol. The predicted octanol–water partition coefficient (Wildman–Crippen LogP) is 2.49. The second-order valence-corrected chi connectivity index (χ2v) is 3.43. The van der Waals surface area contributed by atoms with Gasteiger partial charge in [0.05, 0.1) is 5.52 Å². The molecule has 0 aliphatic rings. The van der Waals surface area contributed by atoms with Crippen molar-refractivity contribution in [2.75, 3.05) is 0 Å². The minimum absolute atomic E-state index is 0.0606. The van der Waals surface area contributed by atoms with Gasteiger partial charge in [0, 0.05) is 22.2 Å². The molecule has 2 aromatic rings. The van der Waals surface area contributed by atoms with Gasteiger partial charge < -0.3 is 4.98 Å². The van der Waals surface area contributed by atoms with Crippen molar-refractivity contribution in [3.63, 3.8) is 0 Å². The van der Waals surface area contributed by atoms with Crippen molar-refractivity contribution in [1.82, 2.24) is 4.98 Å². The highest BCUT2D eigenvalue weighted by Gasteiger charge is 2.00. The van der Waals surface area contributed by atoms with E-state index in [1.807, 2.05) is 0 Å². The van der Waals surface area contributed by atoms with Crippen LogP contribution in [-0.2, 0) is 0 Å². The summed E-state index contributed by atoms with van der Waals surface area (Å²) in [6.45, 7) is 1.78. The van der Waals surface area contributed by atoms with E-state index in [2.05, 4.69) is 4.98 Å². The molecule has 0 saturated carbocycles. The number of halogens is 1. The molecule has 1 N–H and O–H groups in total. The summed E-state index contributed by atoms with van der Waals surface area (Å²) in [6.07, 6.45) is 1.70. The highest BCUT2D eigenvalue weighted by atomic mass is 35.5. The fourth-order valence-electron chi connectivity index (χ4n) is 1.30. The zero-order valence-electron chi connectivity index (χ0n) is 7.10. The molecule has 1 aromatic carbocycles. The molecule has 66 valence electrons. The molecule has 2 nitrogen and oxygen atoms in total. The molecule has 0 radical (unpaired) electrons. The lowest BCUT2D eigenvalue weighted by molar-refractivity contribution is 1.30. The highest BCUT2D eigenvalue weighted by Crippen LogP contribution is 2.14. The minimum Gasteiger partial charge on any atom is -0.361 e. The van der Waals surface area contributed by atoms with E-state index in [4.69, 9.17) is 11.6 Å². The van der Waals surface area contributed by atoms with Crippen LogP contribution >= 0.6 is 11.6 Å². The van der Waals surface area contributed by atoms with Crippen molar-refractivity contribution < 1.29 is 0 Å². The first-order valence-corrected chi connectivity index (χ1v) is 4.34. The summed E-state index contributed by atoms with van der Waals surface area (Å²) < 4.78 is 0. The first kappa shape index (κ1) is 8.32. The third-order valence-corrected chi connectivity index (χ3v) is 2.26. The molecule has 2 rings (SSSR count). The standard InChI is InChI=1S/C10H8ClNO/c1-6-5-12-9-4-7(11)2-3-8(9)10(6)13/h2-5H,1H3,(H,12,13). The van der Waals surface area contributed by atoms with Crippen LogP contribution < -0.4 is 5.43 Å². The average Bonchev–Trinajstić information content (AvgIpc) is 2.12. The number of H-pyrrole nitrogens is 1. The van der Waals surface area contributed by atoms with E-state index in [0.29, 0.717) is 10.4 Å². The molecule has 3 heteroatoms. The summed E-state index contributed by atoms with van der Waals surface area (Å²) >= 11 is 5.79. The van der Waals surface area contributed by atoms with Gasteiger partial charge in [0.15, 0.2) is 5.43 Å². The summed E-state index contributed by atoms with van der Waals surface area (Å²) in [4.78, 5) is 14.6. The van der Waals surface area contributed by atoms with E-state index in [9.17, 15) is 4.79 Å². The van der Waals surface area contributed by atoms with Crippen LogP contribution in [0.1, 0.15) is 5.56 Å². The first-order chi connectivity index (χ1) is 6.18. The predicted molar refractivity (Wildman–Crippen MR) is 54.3 cm³/mol. The summed E-state index contributed by atoms with van der Waals surface area (Å²) in [5.41, 5.74) is 1.56. The van der Waals surface area contributed by atoms with Crippen molar-refractivity contribution in [3.8, 4) is 0 Å². The van der Waals surface area contributed by atoms with E-state index in [0.717, 1.165) is 11.1 Å². The summed E-state index contributed by atoms with van der Waals surface area (Å²) in [5, 5.41) is 1.32. The lowest BCUT2D eigenvalue weighted by Gasteiger charge is -1.98. The number of hydrogen-bond acceptors (Lipinski definition) is 1. The number of aromatic amines is 1. The maximum atomic E-state index is 11.6. The maximum Gasteiger partial charge on any atom is 0.192 e. The largest absolute Gasteiger partial charge is 0.361 e. The van der Waals surface area contributed by atoms with Crippen molar-refractivity contribution >= 4 is 22.5 Å². The van der Waals surface area contributed by atoms with E-state index < -0.39 is 0 Å². The molecule has 0 aliphatic carbocycles. The Morgan fingerprint density at radius 2 is 2.15 bits per heavy atom. The third kappa shape index (κ3) is 1.33. The molecule has 0 aliphatic heterocycles. The van der Waals surface area contributed by atoms with Crippen LogP contribution in [0.4, 0.5) is 0 Å². The van der Waals surface area contributed by atoms with Crippen LogP contribution in [0.5, 0.6) is 0 Å². The number of aryl methyl sites for hydroxylation is 1. The van der Waals surface area contributed by atoms with E-state index in [1.165, 1.54) is 0 Å². The normalized spacial score (nSPS) is 10.6. The summed E-state index contributed by atoms with van der Waals surface area (Å²) in [5.74, 6) is 0. The number of aromatic nitrogens is 1. The Morgan fingerprint density at radius 1 is 1.38 bits per heavy atom. The number of nitrogens with one attached hydrogen (secondary N) is 1. The SMILES string of the molecule is Cc1c[nH]c2cc(Cl)ccc2c1=O. The Balaban J connectivity index is 2.95. The van der Waals surface area contributed by atoms with E-state index >= 15 is 0 Å². The lowest BCUT2D eigenvalue weighted by Crippen LogP contribution is -2.05. The van der Waals surface area contributed by atoms with Gasteiger partial charge >= 0.3 is 0 Å². The Hall–Kier alpha value is -1.28. The van der Waals surface area contributed by atoms with Crippen LogP contribution in [0.15, 0.2) is 29.2 Å². The molecule has 0 atom stereocenters. The summed E-state index contributed by atoms with van der Waals surface area (Å²) in [7, 11) is 0. The quantitative estimate of drug-likeness (QED) is 0.685. The second-order valence-electron chi connectivity index (χ2n) is 2.99. The monoisotopic (exact) mass is 193 g/mol. The Kier molecular flexibility index (Phi) is 1.85. The molecule has 0 bridgehead atoms. The van der Waals surface area contributed by atoms with Gasteiger partial charge in [-0.25, -0.2) is 0 Å². The van der Waals surface area contributed by atoms with Crippen LogP contribution in [0.2, 0.25) is 5.02 Å². The molecule has 13 heavy (non-hydrogen) atoms. The molecule has 0 fully saturated rings. The highest BCUT2D eigenvalue weighted by molar-refractivity contribution is 6.31. The van der Waals surface area contributed by atoms with Gasteiger partial charge in [-0.2, -0.15) is 0 Å². The number of fused-ring (bicyclic) bond motifs is 1. The smallest absolute Gasteiger partial charge is 0.192 e. The number of pyridine rings is 1. The Morgan fingerprint density at radius 3 is 2.92 bits per heavy atom. The Bertz CT molecular complexity index is 516. The van der Waals surface area contributed by atoms with Crippen molar-refractivity contribution in [2.45, 2.75) is 6.92 Å². The van der Waals surface area contributed by atoms with Gasteiger partial charge in [-0.15, -0.1) is 0 Å². The molecular weight excluding hydrogens is 186 g/mol. The molecular formula is C10H8ClNO. The number of hydrogen-bond donors (Lipinski definition) is 1. The van der Waals surface area contributed by atoms with Crippen LogP contribution in [-0.4, -0.2) is 4.98 Å².